The summed E-state index contributed by atoms with van der Waals surface area (Å²) in [5, 5.41) is 4.41. The molecule has 0 aliphatic carbocycles. The van der Waals surface area contributed by atoms with E-state index in [9.17, 15) is 4.79 Å². The molecule has 0 aliphatic heterocycles. The van der Waals surface area contributed by atoms with Gasteiger partial charge in [-0.05, 0) is 42.0 Å². The summed E-state index contributed by atoms with van der Waals surface area (Å²) in [4.78, 5) is 21.0. The number of fused-ring (bicyclic) bond motifs is 1. The van der Waals surface area contributed by atoms with Crippen LogP contribution in [0.5, 0.6) is 0 Å². The maximum absolute atomic E-state index is 12.3. The molecule has 2 aromatic heterocycles. The topological polar surface area (TPSA) is 68.0 Å². The number of pyridine rings is 1. The number of anilines is 1. The Balaban J connectivity index is 1.31. The van der Waals surface area contributed by atoms with Crippen molar-refractivity contribution in [1.82, 2.24) is 9.97 Å². The normalized spacial score (nSPS) is 10.9. The zero-order valence-corrected chi connectivity index (χ0v) is 16.5. The Kier molecular flexibility index (Phi) is 5.94. The number of hydrogen-bond donors (Lipinski definition) is 1. The summed E-state index contributed by atoms with van der Waals surface area (Å²) >= 11 is 2.95. The Morgan fingerprint density at radius 3 is 2.75 bits per heavy atom. The highest BCUT2D eigenvalue weighted by Crippen LogP contribution is 2.24. The molecule has 0 fully saturated rings. The van der Waals surface area contributed by atoms with Crippen LogP contribution in [0.3, 0.4) is 0 Å². The van der Waals surface area contributed by atoms with Gasteiger partial charge in [0.1, 0.15) is 5.52 Å². The Bertz CT molecular complexity index is 1050. The average molecular weight is 408 g/mol. The molecule has 0 unspecified atom stereocenters. The van der Waals surface area contributed by atoms with Gasteiger partial charge in [-0.1, -0.05) is 42.1 Å². The molecule has 1 N–H and O–H groups in total. The smallest absolute Gasteiger partial charge is 0.257 e. The molecule has 0 saturated heterocycles. The van der Waals surface area contributed by atoms with Gasteiger partial charge in [0.05, 0.1) is 10.8 Å². The van der Waals surface area contributed by atoms with Gasteiger partial charge < -0.3 is 9.73 Å². The van der Waals surface area contributed by atoms with Crippen LogP contribution in [0.1, 0.15) is 5.56 Å². The van der Waals surface area contributed by atoms with Crippen molar-refractivity contribution in [3.05, 3.63) is 78.5 Å². The maximum Gasteiger partial charge on any atom is 0.257 e. The summed E-state index contributed by atoms with van der Waals surface area (Å²) in [5.41, 5.74) is 3.43. The second-order valence-corrected chi connectivity index (χ2v) is 7.86. The second-order valence-electron chi connectivity index (χ2n) is 5.94. The first kappa shape index (κ1) is 18.6. The van der Waals surface area contributed by atoms with Gasteiger partial charge in [0, 0.05) is 17.6 Å². The number of oxazole rings is 1. The van der Waals surface area contributed by atoms with Gasteiger partial charge in [0.25, 0.3) is 5.22 Å². The minimum atomic E-state index is -0.0956. The number of hydrogen-bond acceptors (Lipinski definition) is 6. The van der Waals surface area contributed by atoms with Crippen LogP contribution in [0.15, 0.2) is 87.6 Å². The van der Waals surface area contributed by atoms with Crippen molar-refractivity contribution in [2.75, 3.05) is 11.1 Å². The van der Waals surface area contributed by atoms with Crippen molar-refractivity contribution in [2.24, 2.45) is 0 Å². The highest BCUT2D eigenvalue weighted by molar-refractivity contribution is 7.99. The second kappa shape index (κ2) is 8.95. The number of nitrogens with one attached hydrogen (secondary N) is 1. The molecule has 0 radical (unpaired) electrons. The van der Waals surface area contributed by atoms with Crippen LogP contribution in [0.2, 0.25) is 0 Å². The highest BCUT2D eigenvalue weighted by atomic mass is 32.2. The minimum Gasteiger partial charge on any atom is -0.431 e. The Labute approximate surface area is 171 Å². The fourth-order valence-electron chi connectivity index (χ4n) is 2.57. The van der Waals surface area contributed by atoms with Gasteiger partial charge >= 0.3 is 0 Å². The lowest BCUT2D eigenvalue weighted by Crippen LogP contribution is -2.14. The van der Waals surface area contributed by atoms with Crippen LogP contribution < -0.4 is 5.32 Å². The summed E-state index contributed by atoms with van der Waals surface area (Å²) in [6.07, 6.45) is 1.79. The molecular weight excluding hydrogens is 390 g/mol. The van der Waals surface area contributed by atoms with Crippen LogP contribution >= 0.6 is 23.5 Å². The van der Waals surface area contributed by atoms with Crippen LogP contribution in [0.4, 0.5) is 5.69 Å². The van der Waals surface area contributed by atoms with Gasteiger partial charge in [0.2, 0.25) is 5.91 Å². The summed E-state index contributed by atoms with van der Waals surface area (Å²) in [7, 11) is 0. The van der Waals surface area contributed by atoms with E-state index in [0.29, 0.717) is 5.22 Å². The summed E-state index contributed by atoms with van der Waals surface area (Å²) in [5.74, 6) is 0.930. The Morgan fingerprint density at radius 2 is 1.89 bits per heavy atom. The molecule has 4 rings (SSSR count). The van der Waals surface area contributed by atoms with Gasteiger partial charge in [-0.25, -0.2) is 9.97 Å². The number of carbonyl (C=O) groups is 1. The number of para-hydroxylation sites is 2. The zero-order valence-electron chi connectivity index (χ0n) is 14.9. The number of thioether (sulfide) groups is 2. The summed E-state index contributed by atoms with van der Waals surface area (Å²) in [6, 6.07) is 21.3. The van der Waals surface area contributed by atoms with E-state index in [4.69, 9.17) is 4.42 Å². The van der Waals surface area contributed by atoms with Crippen LogP contribution in [-0.2, 0) is 10.5 Å². The van der Waals surface area contributed by atoms with Crippen molar-refractivity contribution in [2.45, 2.75) is 16.0 Å². The first-order chi connectivity index (χ1) is 13.8. The lowest BCUT2D eigenvalue weighted by atomic mass is 10.2. The maximum atomic E-state index is 12.3. The first-order valence-corrected chi connectivity index (χ1v) is 10.6. The molecule has 0 spiro atoms. The number of aromatic nitrogens is 2. The molecule has 4 aromatic rings. The van der Waals surface area contributed by atoms with E-state index < -0.39 is 0 Å². The molecule has 0 atom stereocenters. The fraction of sp³-hybridized carbons (Fsp3) is 0.0952. The number of carbonyl (C=O) groups excluding carboxylic acids is 1. The van der Waals surface area contributed by atoms with Gasteiger partial charge in [-0.2, -0.15) is 0 Å². The van der Waals surface area contributed by atoms with E-state index in [0.717, 1.165) is 33.1 Å². The van der Waals surface area contributed by atoms with Gasteiger partial charge in [0.15, 0.2) is 5.58 Å². The molecule has 7 heteroatoms. The third-order valence-corrected chi connectivity index (χ3v) is 5.68. The van der Waals surface area contributed by atoms with Crippen LogP contribution in [-0.4, -0.2) is 21.6 Å². The highest BCUT2D eigenvalue weighted by Gasteiger charge is 2.09. The lowest BCUT2D eigenvalue weighted by Gasteiger charge is -2.07. The molecule has 2 aromatic carbocycles. The van der Waals surface area contributed by atoms with Crippen molar-refractivity contribution >= 4 is 46.2 Å². The number of nitrogens with zero attached hydrogens (tertiary/aromatic N) is 2. The average Bonchev–Trinajstić information content (AvgIpc) is 3.15. The third-order valence-electron chi connectivity index (χ3n) is 3.84. The fourth-order valence-corrected chi connectivity index (χ4v) is 4.01. The number of amides is 1. The molecular formula is C21H17N3O2S2. The molecule has 2 heterocycles. The van der Waals surface area contributed by atoms with Gasteiger partial charge in [-0.3, -0.25) is 4.79 Å². The lowest BCUT2D eigenvalue weighted by molar-refractivity contribution is -0.113. The summed E-state index contributed by atoms with van der Waals surface area (Å²) < 4.78 is 5.62. The molecule has 5 nitrogen and oxygen atoms in total. The summed E-state index contributed by atoms with van der Waals surface area (Å²) in [6.45, 7) is 0. The monoisotopic (exact) mass is 407 g/mol. The van der Waals surface area contributed by atoms with E-state index in [2.05, 4.69) is 15.3 Å². The number of benzene rings is 2. The van der Waals surface area contributed by atoms with Crippen molar-refractivity contribution in [1.29, 1.82) is 0 Å². The van der Waals surface area contributed by atoms with Gasteiger partial charge in [-0.15, -0.1) is 11.8 Å². The van der Waals surface area contributed by atoms with Crippen molar-refractivity contribution in [3.63, 3.8) is 0 Å². The first-order valence-electron chi connectivity index (χ1n) is 8.67. The molecule has 0 saturated carbocycles. The largest absolute Gasteiger partial charge is 0.431 e. The van der Waals surface area contributed by atoms with Crippen molar-refractivity contribution in [3.8, 4) is 0 Å². The minimum absolute atomic E-state index is 0.0956. The van der Waals surface area contributed by atoms with Crippen LogP contribution in [0.25, 0.3) is 11.1 Å². The van der Waals surface area contributed by atoms with E-state index in [1.807, 2.05) is 66.7 Å². The molecule has 1 amide bonds. The number of rotatable bonds is 7. The van der Waals surface area contributed by atoms with Crippen molar-refractivity contribution < 1.29 is 9.21 Å². The van der Waals surface area contributed by atoms with E-state index in [-0.39, 0.29) is 11.7 Å². The molecule has 140 valence electrons. The zero-order chi connectivity index (χ0) is 19.2. The molecule has 28 heavy (non-hydrogen) atoms. The quantitative estimate of drug-likeness (QED) is 0.422. The van der Waals surface area contributed by atoms with Crippen LogP contribution in [0, 0.1) is 0 Å². The standard InChI is InChI=1S/C21H17N3O2S2/c25-19(14-28-21-24-17-8-1-2-9-18(17)26-21)23-16-7-5-6-15(12-16)13-27-20-10-3-4-11-22-20/h1-12H,13-14H2,(H,23,25). The Hall–Kier alpha value is -2.77. The predicted molar refractivity (Wildman–Crippen MR) is 114 cm³/mol. The van der Waals surface area contributed by atoms with E-state index in [1.165, 1.54) is 11.8 Å². The predicted octanol–water partition coefficient (Wildman–Crippen LogP) is 5.25. The molecule has 0 aliphatic rings. The van der Waals surface area contributed by atoms with E-state index in [1.54, 1.807) is 18.0 Å². The Morgan fingerprint density at radius 1 is 1.00 bits per heavy atom. The van der Waals surface area contributed by atoms with E-state index >= 15 is 0 Å². The SMILES string of the molecule is O=C(CSc1nc2ccccc2o1)Nc1cccc(CSc2ccccn2)c1. The molecule has 0 bridgehead atoms. The third kappa shape index (κ3) is 4.94.